The lowest BCUT2D eigenvalue weighted by Crippen LogP contribution is -2.39. The van der Waals surface area contributed by atoms with Crippen molar-refractivity contribution in [2.45, 2.75) is 13.0 Å². The maximum absolute atomic E-state index is 13.7. The predicted molar refractivity (Wildman–Crippen MR) is 131 cm³/mol. The summed E-state index contributed by atoms with van der Waals surface area (Å²) in [7, 11) is 1.32. The lowest BCUT2D eigenvalue weighted by atomic mass is 9.96. The van der Waals surface area contributed by atoms with Gasteiger partial charge in [0, 0.05) is 5.02 Å². The van der Waals surface area contributed by atoms with Crippen molar-refractivity contribution in [1.29, 1.82) is 0 Å². The Labute approximate surface area is 198 Å². The Kier molecular flexibility index (Phi) is 5.48. The van der Waals surface area contributed by atoms with Crippen molar-refractivity contribution in [3.63, 3.8) is 0 Å². The highest BCUT2D eigenvalue weighted by Crippen LogP contribution is 2.34. The molecule has 0 radical (unpaired) electrons. The molecule has 0 fully saturated rings. The van der Waals surface area contributed by atoms with Gasteiger partial charge < -0.3 is 4.74 Å². The molecule has 164 valence electrons. The summed E-state index contributed by atoms with van der Waals surface area (Å²) in [6, 6.07) is 20.5. The van der Waals surface area contributed by atoms with E-state index in [1.54, 1.807) is 17.6 Å². The van der Waals surface area contributed by atoms with Crippen LogP contribution >= 0.6 is 22.9 Å². The van der Waals surface area contributed by atoms with E-state index in [1.807, 2.05) is 66.7 Å². The zero-order valence-electron chi connectivity index (χ0n) is 17.9. The Balaban J connectivity index is 1.79. The molecular weight excluding hydrogens is 456 g/mol. The number of ether oxygens (including phenoxy) is 1. The van der Waals surface area contributed by atoms with Crippen LogP contribution in [0.2, 0.25) is 5.02 Å². The molecule has 0 unspecified atom stereocenters. The number of aromatic nitrogens is 1. The summed E-state index contributed by atoms with van der Waals surface area (Å²) < 4.78 is 7.11. The van der Waals surface area contributed by atoms with E-state index < -0.39 is 12.0 Å². The van der Waals surface area contributed by atoms with Gasteiger partial charge >= 0.3 is 5.97 Å². The SMILES string of the molecule is COC(=O)C1=C(C)N=c2s/c(=C\c3cccc4ccccc34)c(=O)n2[C@@H]1c1ccccc1Cl. The number of hydrogen-bond acceptors (Lipinski definition) is 5. The minimum Gasteiger partial charge on any atom is -0.466 e. The van der Waals surface area contributed by atoms with E-state index in [0.29, 0.717) is 31.2 Å². The van der Waals surface area contributed by atoms with Gasteiger partial charge in [-0.25, -0.2) is 9.79 Å². The van der Waals surface area contributed by atoms with Gasteiger partial charge in [-0.05, 0) is 41.0 Å². The summed E-state index contributed by atoms with van der Waals surface area (Å²) in [4.78, 5) is 31.5. The van der Waals surface area contributed by atoms with E-state index in [2.05, 4.69) is 4.99 Å². The number of halogens is 1. The van der Waals surface area contributed by atoms with Crippen LogP contribution in [-0.4, -0.2) is 17.6 Å². The molecular formula is C26H19ClN2O3S. The lowest BCUT2D eigenvalue weighted by Gasteiger charge is -2.25. The monoisotopic (exact) mass is 474 g/mol. The van der Waals surface area contributed by atoms with Crippen LogP contribution < -0.4 is 14.9 Å². The third kappa shape index (κ3) is 3.61. The predicted octanol–water partition coefficient (Wildman–Crippen LogP) is 4.21. The molecule has 33 heavy (non-hydrogen) atoms. The standard InChI is InChI=1S/C26H19ClN2O3S/c1-15-22(25(31)32-2)23(19-12-5-6-13-20(19)27)29-24(30)21(33-26(29)28-15)14-17-10-7-9-16-8-3-4-11-18(16)17/h3-14,23H,1-2H3/b21-14-/t23-/m1/s1. The van der Waals surface area contributed by atoms with Crippen molar-refractivity contribution in [2.24, 2.45) is 4.99 Å². The van der Waals surface area contributed by atoms with Gasteiger partial charge in [0.25, 0.3) is 5.56 Å². The van der Waals surface area contributed by atoms with Gasteiger partial charge in [0.1, 0.15) is 6.04 Å². The summed E-state index contributed by atoms with van der Waals surface area (Å²) in [6.07, 6.45) is 1.88. The zero-order chi connectivity index (χ0) is 23.1. The fourth-order valence-electron chi connectivity index (χ4n) is 4.20. The minimum absolute atomic E-state index is 0.231. The van der Waals surface area contributed by atoms with Crippen LogP contribution in [0.25, 0.3) is 16.8 Å². The van der Waals surface area contributed by atoms with Crippen molar-refractivity contribution in [3.8, 4) is 0 Å². The van der Waals surface area contributed by atoms with Crippen molar-refractivity contribution < 1.29 is 9.53 Å². The molecule has 0 saturated carbocycles. The van der Waals surface area contributed by atoms with Gasteiger partial charge in [0.05, 0.1) is 22.9 Å². The lowest BCUT2D eigenvalue weighted by molar-refractivity contribution is -0.136. The molecule has 7 heteroatoms. The summed E-state index contributed by atoms with van der Waals surface area (Å²) in [5.74, 6) is -0.537. The fraction of sp³-hybridized carbons (Fsp3) is 0.115. The number of rotatable bonds is 3. The van der Waals surface area contributed by atoms with Gasteiger partial charge in [0.15, 0.2) is 4.80 Å². The highest BCUT2D eigenvalue weighted by atomic mass is 35.5. The van der Waals surface area contributed by atoms with Crippen molar-refractivity contribution in [2.75, 3.05) is 7.11 Å². The first-order valence-electron chi connectivity index (χ1n) is 10.3. The molecule has 0 N–H and O–H groups in total. The Morgan fingerprint density at radius 2 is 1.82 bits per heavy atom. The number of nitrogens with zero attached hydrogens (tertiary/aromatic N) is 2. The summed E-state index contributed by atoms with van der Waals surface area (Å²) in [5.41, 5.74) is 2.16. The number of carbonyl (C=O) groups excluding carboxylic acids is 1. The third-order valence-electron chi connectivity index (χ3n) is 5.74. The van der Waals surface area contributed by atoms with E-state index in [0.717, 1.165) is 16.3 Å². The van der Waals surface area contributed by atoms with Gasteiger partial charge in [-0.1, -0.05) is 83.6 Å². The average molecular weight is 475 g/mol. The number of hydrogen-bond donors (Lipinski definition) is 0. The Morgan fingerprint density at radius 1 is 1.09 bits per heavy atom. The second-order valence-corrected chi connectivity index (χ2v) is 9.08. The van der Waals surface area contributed by atoms with Crippen molar-refractivity contribution in [1.82, 2.24) is 4.57 Å². The molecule has 0 saturated heterocycles. The smallest absolute Gasteiger partial charge is 0.338 e. The Hall–Kier alpha value is -3.48. The van der Waals surface area contributed by atoms with Crippen LogP contribution in [0.1, 0.15) is 24.1 Å². The largest absolute Gasteiger partial charge is 0.466 e. The molecule has 0 spiro atoms. The van der Waals surface area contributed by atoms with Crippen LogP contribution in [0.15, 0.2) is 87.8 Å². The Bertz CT molecular complexity index is 1630. The number of methoxy groups -OCH3 is 1. The Morgan fingerprint density at radius 3 is 2.61 bits per heavy atom. The van der Waals surface area contributed by atoms with Gasteiger partial charge in [0.2, 0.25) is 0 Å². The number of carbonyl (C=O) groups is 1. The molecule has 1 aliphatic rings. The first-order valence-corrected chi connectivity index (χ1v) is 11.5. The van der Waals surface area contributed by atoms with Crippen LogP contribution in [0, 0.1) is 0 Å². The first-order chi connectivity index (χ1) is 16.0. The van der Waals surface area contributed by atoms with Crippen LogP contribution in [0.3, 0.4) is 0 Å². The quantitative estimate of drug-likeness (QED) is 0.418. The number of thiazole rings is 1. The van der Waals surface area contributed by atoms with Crippen LogP contribution in [0.4, 0.5) is 0 Å². The number of allylic oxidation sites excluding steroid dienone is 1. The van der Waals surface area contributed by atoms with Gasteiger partial charge in [-0.3, -0.25) is 9.36 Å². The number of benzene rings is 3. The molecule has 0 aliphatic carbocycles. The highest BCUT2D eigenvalue weighted by Gasteiger charge is 2.34. The molecule has 5 rings (SSSR count). The molecule has 3 aromatic carbocycles. The average Bonchev–Trinajstić information content (AvgIpc) is 3.13. The summed E-state index contributed by atoms with van der Waals surface area (Å²) in [5, 5.41) is 2.61. The fourth-order valence-corrected chi connectivity index (χ4v) is 5.48. The van der Waals surface area contributed by atoms with E-state index in [4.69, 9.17) is 16.3 Å². The zero-order valence-corrected chi connectivity index (χ0v) is 19.5. The van der Waals surface area contributed by atoms with Crippen LogP contribution in [-0.2, 0) is 9.53 Å². The van der Waals surface area contributed by atoms with Crippen LogP contribution in [0.5, 0.6) is 0 Å². The van der Waals surface area contributed by atoms with E-state index in [9.17, 15) is 9.59 Å². The van der Waals surface area contributed by atoms with Gasteiger partial charge in [-0.15, -0.1) is 0 Å². The maximum Gasteiger partial charge on any atom is 0.338 e. The molecule has 0 amide bonds. The topological polar surface area (TPSA) is 60.7 Å². The molecule has 0 bridgehead atoms. The number of esters is 1. The second-order valence-electron chi connectivity index (χ2n) is 7.66. The van der Waals surface area contributed by atoms with E-state index in [1.165, 1.54) is 18.4 Å². The van der Waals surface area contributed by atoms with Crippen molar-refractivity contribution >= 4 is 45.8 Å². The summed E-state index contributed by atoms with van der Waals surface area (Å²) in [6.45, 7) is 1.75. The minimum atomic E-state index is -0.725. The van der Waals surface area contributed by atoms with E-state index >= 15 is 0 Å². The normalized spacial score (nSPS) is 16.0. The van der Waals surface area contributed by atoms with Crippen molar-refractivity contribution in [3.05, 3.63) is 114 Å². The molecule has 5 nitrogen and oxygen atoms in total. The second kappa shape index (κ2) is 8.46. The molecule has 1 aliphatic heterocycles. The summed E-state index contributed by atoms with van der Waals surface area (Å²) >= 11 is 7.81. The first kappa shape index (κ1) is 21.4. The maximum atomic E-state index is 13.7. The molecule has 1 aromatic heterocycles. The molecule has 2 heterocycles. The molecule has 4 aromatic rings. The molecule has 1 atom stereocenters. The highest BCUT2D eigenvalue weighted by molar-refractivity contribution is 7.07. The van der Waals surface area contributed by atoms with E-state index in [-0.39, 0.29) is 5.56 Å². The third-order valence-corrected chi connectivity index (χ3v) is 7.06. The number of fused-ring (bicyclic) bond motifs is 2. The van der Waals surface area contributed by atoms with Gasteiger partial charge in [-0.2, -0.15) is 0 Å².